The predicted molar refractivity (Wildman–Crippen MR) is 61.4 cm³/mol. The van der Waals surface area contributed by atoms with Gasteiger partial charge in [-0.05, 0) is 50.2 Å². The molecule has 1 heterocycles. The Morgan fingerprint density at radius 1 is 1.27 bits per heavy atom. The molecule has 3 rings (SSSR count). The van der Waals surface area contributed by atoms with Crippen molar-refractivity contribution >= 4 is 0 Å². The molecule has 1 aromatic rings. The molecule has 80 valence electrons. The lowest BCUT2D eigenvalue weighted by atomic mass is 9.85. The first-order chi connectivity index (χ1) is 7.34. The van der Waals surface area contributed by atoms with Crippen LogP contribution in [-0.4, -0.2) is 6.10 Å². The zero-order valence-corrected chi connectivity index (χ0v) is 9.33. The minimum atomic E-state index is 0.399. The molecule has 1 heteroatoms. The van der Waals surface area contributed by atoms with Crippen molar-refractivity contribution in [3.63, 3.8) is 0 Å². The van der Waals surface area contributed by atoms with Gasteiger partial charge in [-0.1, -0.05) is 18.6 Å². The van der Waals surface area contributed by atoms with Gasteiger partial charge >= 0.3 is 0 Å². The lowest BCUT2D eigenvalue weighted by molar-refractivity contribution is 0.173. The normalized spacial score (nSPS) is 28.9. The van der Waals surface area contributed by atoms with Gasteiger partial charge in [0.15, 0.2) is 0 Å². The van der Waals surface area contributed by atoms with Crippen LogP contribution in [-0.2, 0) is 6.42 Å². The molecule has 0 spiro atoms. The molecule has 1 aliphatic heterocycles. The lowest BCUT2D eigenvalue weighted by Crippen LogP contribution is -2.23. The molecule has 2 unspecified atom stereocenters. The summed E-state index contributed by atoms with van der Waals surface area (Å²) in [4.78, 5) is 0. The summed E-state index contributed by atoms with van der Waals surface area (Å²) in [6.07, 6.45) is 6.95. The molecule has 0 saturated heterocycles. The topological polar surface area (TPSA) is 9.23 Å². The number of aryl methyl sites for hydroxylation is 1. The summed E-state index contributed by atoms with van der Waals surface area (Å²) in [5.74, 6) is 1.93. The van der Waals surface area contributed by atoms with Crippen LogP contribution in [0, 0.1) is 0 Å². The number of hydrogen-bond acceptors (Lipinski definition) is 1. The monoisotopic (exact) mass is 202 g/mol. The van der Waals surface area contributed by atoms with Crippen LogP contribution in [0.4, 0.5) is 0 Å². The molecule has 0 saturated carbocycles. The second-order valence-electron chi connectivity index (χ2n) is 4.94. The van der Waals surface area contributed by atoms with E-state index >= 15 is 0 Å². The highest BCUT2D eigenvalue weighted by Gasteiger charge is 2.28. The Balaban J connectivity index is 2.11. The Morgan fingerprint density at radius 2 is 2.20 bits per heavy atom. The first-order valence-electron chi connectivity index (χ1n) is 6.13. The molecule has 1 aromatic carbocycles. The predicted octanol–water partition coefficient (Wildman–Crippen LogP) is 3.67. The molecule has 2 aliphatic rings. The highest BCUT2D eigenvalue weighted by atomic mass is 16.5. The average Bonchev–Trinajstić information content (AvgIpc) is 2.42. The molecule has 0 radical (unpaired) electrons. The van der Waals surface area contributed by atoms with E-state index in [0.29, 0.717) is 6.10 Å². The Morgan fingerprint density at radius 3 is 3.13 bits per heavy atom. The van der Waals surface area contributed by atoms with Crippen molar-refractivity contribution in [1.29, 1.82) is 0 Å². The molecule has 1 nitrogen and oxygen atoms in total. The minimum Gasteiger partial charge on any atom is -0.490 e. The summed E-state index contributed by atoms with van der Waals surface area (Å²) in [6.45, 7) is 2.19. The van der Waals surface area contributed by atoms with Gasteiger partial charge in [0.05, 0.1) is 6.10 Å². The van der Waals surface area contributed by atoms with Gasteiger partial charge in [0.1, 0.15) is 5.75 Å². The van der Waals surface area contributed by atoms with Gasteiger partial charge in [0, 0.05) is 5.56 Å². The number of ether oxygens (including phenoxy) is 1. The third-order valence-electron chi connectivity index (χ3n) is 3.76. The number of benzene rings is 1. The number of hydrogen-bond donors (Lipinski definition) is 0. The van der Waals surface area contributed by atoms with Crippen molar-refractivity contribution in [2.75, 3.05) is 0 Å². The molecule has 2 atom stereocenters. The molecule has 0 N–H and O–H groups in total. The lowest BCUT2D eigenvalue weighted by Gasteiger charge is -2.31. The summed E-state index contributed by atoms with van der Waals surface area (Å²) < 4.78 is 5.93. The minimum absolute atomic E-state index is 0.399. The summed E-state index contributed by atoms with van der Waals surface area (Å²) in [7, 11) is 0. The molecule has 0 fully saturated rings. The number of rotatable bonds is 0. The molecular weight excluding hydrogens is 184 g/mol. The van der Waals surface area contributed by atoms with Crippen molar-refractivity contribution in [3.05, 3.63) is 29.3 Å². The fraction of sp³-hybridized carbons (Fsp3) is 0.571. The standard InChI is InChI=1S/C14H18O/c1-10-9-12-6-3-2-5-11-7-4-8-13(15-10)14(11)12/h4,7-8,10,12H,2-3,5-6,9H2,1H3. The van der Waals surface area contributed by atoms with Gasteiger partial charge in [-0.15, -0.1) is 0 Å². The summed E-state index contributed by atoms with van der Waals surface area (Å²) in [5.41, 5.74) is 3.08. The summed E-state index contributed by atoms with van der Waals surface area (Å²) in [5, 5.41) is 0. The maximum absolute atomic E-state index is 5.93. The second kappa shape index (κ2) is 3.55. The SMILES string of the molecule is CC1CC2CCCCc3cccc(c32)O1. The van der Waals surface area contributed by atoms with E-state index in [9.17, 15) is 0 Å². The van der Waals surface area contributed by atoms with E-state index in [-0.39, 0.29) is 0 Å². The van der Waals surface area contributed by atoms with E-state index in [0.717, 1.165) is 11.7 Å². The zero-order chi connectivity index (χ0) is 10.3. The Bertz CT molecular complexity index is 370. The van der Waals surface area contributed by atoms with Crippen LogP contribution in [0.2, 0.25) is 0 Å². The van der Waals surface area contributed by atoms with Crippen molar-refractivity contribution in [2.45, 2.75) is 51.0 Å². The average molecular weight is 202 g/mol. The Hall–Kier alpha value is -0.980. The van der Waals surface area contributed by atoms with Crippen LogP contribution in [0.25, 0.3) is 0 Å². The largest absolute Gasteiger partial charge is 0.490 e. The van der Waals surface area contributed by atoms with E-state index in [1.165, 1.54) is 37.7 Å². The van der Waals surface area contributed by atoms with Gasteiger partial charge in [-0.25, -0.2) is 0 Å². The van der Waals surface area contributed by atoms with Crippen molar-refractivity contribution in [3.8, 4) is 5.75 Å². The van der Waals surface area contributed by atoms with E-state index in [1.807, 2.05) is 0 Å². The second-order valence-corrected chi connectivity index (χ2v) is 4.94. The van der Waals surface area contributed by atoms with E-state index in [2.05, 4.69) is 25.1 Å². The van der Waals surface area contributed by atoms with Crippen LogP contribution >= 0.6 is 0 Å². The van der Waals surface area contributed by atoms with E-state index in [4.69, 9.17) is 4.74 Å². The smallest absolute Gasteiger partial charge is 0.123 e. The van der Waals surface area contributed by atoms with Gasteiger partial charge in [-0.3, -0.25) is 0 Å². The maximum atomic E-state index is 5.93. The van der Waals surface area contributed by atoms with Crippen molar-refractivity contribution in [1.82, 2.24) is 0 Å². The van der Waals surface area contributed by atoms with E-state index < -0.39 is 0 Å². The highest BCUT2D eigenvalue weighted by molar-refractivity contribution is 5.45. The Kier molecular flexibility index (Phi) is 2.19. The first-order valence-corrected chi connectivity index (χ1v) is 6.13. The molecule has 15 heavy (non-hydrogen) atoms. The van der Waals surface area contributed by atoms with Crippen LogP contribution in [0.15, 0.2) is 18.2 Å². The fourth-order valence-electron chi connectivity index (χ4n) is 3.13. The third kappa shape index (κ3) is 1.54. The summed E-state index contributed by atoms with van der Waals surface area (Å²) in [6, 6.07) is 6.58. The van der Waals surface area contributed by atoms with Gasteiger partial charge in [0.2, 0.25) is 0 Å². The van der Waals surface area contributed by atoms with Crippen LogP contribution in [0.5, 0.6) is 5.75 Å². The van der Waals surface area contributed by atoms with Crippen LogP contribution in [0.3, 0.4) is 0 Å². The van der Waals surface area contributed by atoms with Crippen molar-refractivity contribution < 1.29 is 4.74 Å². The quantitative estimate of drug-likeness (QED) is 0.623. The highest BCUT2D eigenvalue weighted by Crippen LogP contribution is 2.43. The maximum Gasteiger partial charge on any atom is 0.123 e. The molecule has 1 aliphatic carbocycles. The summed E-state index contributed by atoms with van der Waals surface area (Å²) >= 11 is 0. The first kappa shape index (κ1) is 9.26. The van der Waals surface area contributed by atoms with Gasteiger partial charge in [0.25, 0.3) is 0 Å². The van der Waals surface area contributed by atoms with Crippen LogP contribution < -0.4 is 4.74 Å². The molecule has 0 bridgehead atoms. The van der Waals surface area contributed by atoms with Gasteiger partial charge < -0.3 is 4.74 Å². The zero-order valence-electron chi connectivity index (χ0n) is 9.33. The third-order valence-corrected chi connectivity index (χ3v) is 3.76. The fourth-order valence-corrected chi connectivity index (χ4v) is 3.13. The molecule has 0 amide bonds. The van der Waals surface area contributed by atoms with Crippen molar-refractivity contribution in [2.24, 2.45) is 0 Å². The van der Waals surface area contributed by atoms with Crippen LogP contribution in [0.1, 0.15) is 49.7 Å². The Labute approximate surface area is 91.5 Å². The molecule has 0 aromatic heterocycles. The van der Waals surface area contributed by atoms with Gasteiger partial charge in [-0.2, -0.15) is 0 Å². The molecular formula is C14H18O. The van der Waals surface area contributed by atoms with E-state index in [1.54, 1.807) is 5.56 Å².